The smallest absolute Gasteiger partial charge is 0.256 e. The van der Waals surface area contributed by atoms with Crippen molar-refractivity contribution in [2.45, 2.75) is 57.2 Å². The maximum absolute atomic E-state index is 12.9. The Hall–Kier alpha value is -3.34. The minimum Gasteiger partial charge on any atom is -0.390 e. The third-order valence-electron chi connectivity index (χ3n) is 6.01. The van der Waals surface area contributed by atoms with Gasteiger partial charge in [0.1, 0.15) is 11.0 Å². The SMILES string of the molecule is C[C@]1(O)CC[C@H](Nc2nc(N)c3c(-c4ccc5ncn(CC(F)F)c5n4)ccn3n2)CC1. The number of imidazole rings is 1. The van der Waals surface area contributed by atoms with Crippen molar-refractivity contribution in [2.75, 3.05) is 11.1 Å². The lowest BCUT2D eigenvalue weighted by Crippen LogP contribution is -2.36. The fourth-order valence-corrected chi connectivity index (χ4v) is 4.26. The van der Waals surface area contributed by atoms with Crippen LogP contribution in [0, 0.1) is 0 Å². The Labute approximate surface area is 182 Å². The van der Waals surface area contributed by atoms with E-state index in [1.54, 1.807) is 22.8 Å². The average molecular weight is 442 g/mol. The van der Waals surface area contributed by atoms with Crippen LogP contribution in [0.3, 0.4) is 0 Å². The summed E-state index contributed by atoms with van der Waals surface area (Å²) < 4.78 is 28.7. The van der Waals surface area contributed by atoms with Crippen LogP contribution in [0.15, 0.2) is 30.7 Å². The van der Waals surface area contributed by atoms with Crippen LogP contribution >= 0.6 is 0 Å². The van der Waals surface area contributed by atoms with E-state index in [0.29, 0.717) is 46.7 Å². The van der Waals surface area contributed by atoms with Gasteiger partial charge in [0.2, 0.25) is 5.95 Å². The normalized spacial score (nSPS) is 21.6. The molecule has 0 unspecified atom stereocenters. The maximum Gasteiger partial charge on any atom is 0.256 e. The van der Waals surface area contributed by atoms with Crippen LogP contribution in [0.5, 0.6) is 0 Å². The molecule has 1 aliphatic carbocycles. The van der Waals surface area contributed by atoms with E-state index in [1.165, 1.54) is 10.9 Å². The molecule has 4 aromatic rings. The molecule has 0 aromatic carbocycles. The number of aromatic nitrogens is 6. The summed E-state index contributed by atoms with van der Waals surface area (Å²) >= 11 is 0. The summed E-state index contributed by atoms with van der Waals surface area (Å²) in [5.41, 5.74) is 8.45. The minimum absolute atomic E-state index is 0.168. The molecular weight excluding hydrogens is 418 g/mol. The fraction of sp³-hybridized carbons (Fsp3) is 0.429. The molecule has 11 heteroatoms. The number of aliphatic hydroxyl groups is 1. The van der Waals surface area contributed by atoms with Crippen molar-refractivity contribution in [2.24, 2.45) is 0 Å². The molecule has 1 saturated carbocycles. The first-order valence-corrected chi connectivity index (χ1v) is 10.5. The van der Waals surface area contributed by atoms with E-state index in [2.05, 4.69) is 25.4 Å². The van der Waals surface area contributed by atoms with Gasteiger partial charge in [-0.1, -0.05) is 0 Å². The number of hydrogen-bond acceptors (Lipinski definition) is 7. The van der Waals surface area contributed by atoms with E-state index in [0.717, 1.165) is 12.8 Å². The summed E-state index contributed by atoms with van der Waals surface area (Å²) in [6.45, 7) is 1.39. The molecule has 0 atom stereocenters. The molecule has 0 saturated heterocycles. The summed E-state index contributed by atoms with van der Waals surface area (Å²) in [4.78, 5) is 13.1. The third-order valence-corrected chi connectivity index (χ3v) is 6.01. The predicted octanol–water partition coefficient (Wildman–Crippen LogP) is 3.09. The molecule has 4 heterocycles. The van der Waals surface area contributed by atoms with Crippen LogP contribution < -0.4 is 11.1 Å². The van der Waals surface area contributed by atoms with E-state index in [-0.39, 0.29) is 11.9 Å². The summed E-state index contributed by atoms with van der Waals surface area (Å²) in [5.74, 6) is 0.704. The number of rotatable bonds is 5. The first kappa shape index (κ1) is 20.6. The van der Waals surface area contributed by atoms with Gasteiger partial charge in [-0.15, -0.1) is 5.10 Å². The zero-order valence-electron chi connectivity index (χ0n) is 17.5. The Balaban J connectivity index is 1.46. The highest BCUT2D eigenvalue weighted by atomic mass is 19.3. The Morgan fingerprint density at radius 2 is 2.03 bits per heavy atom. The number of pyridine rings is 1. The quantitative estimate of drug-likeness (QED) is 0.434. The van der Waals surface area contributed by atoms with Crippen LogP contribution in [-0.4, -0.2) is 52.3 Å². The first-order chi connectivity index (χ1) is 15.3. The predicted molar refractivity (Wildman–Crippen MR) is 116 cm³/mol. The van der Waals surface area contributed by atoms with Gasteiger partial charge in [0.25, 0.3) is 6.43 Å². The van der Waals surface area contributed by atoms with Gasteiger partial charge in [0.15, 0.2) is 11.5 Å². The topological polar surface area (TPSA) is 119 Å². The number of hydrogen-bond donors (Lipinski definition) is 3. The van der Waals surface area contributed by atoms with Gasteiger partial charge >= 0.3 is 0 Å². The van der Waals surface area contributed by atoms with Crippen molar-refractivity contribution in [1.29, 1.82) is 0 Å². The zero-order valence-corrected chi connectivity index (χ0v) is 17.5. The van der Waals surface area contributed by atoms with Gasteiger partial charge in [-0.25, -0.2) is 23.3 Å². The van der Waals surface area contributed by atoms with Crippen molar-refractivity contribution < 1.29 is 13.9 Å². The Morgan fingerprint density at radius 1 is 1.25 bits per heavy atom. The number of nitrogens with two attached hydrogens (primary N) is 1. The monoisotopic (exact) mass is 442 g/mol. The number of nitrogen functional groups attached to an aromatic ring is 1. The fourth-order valence-electron chi connectivity index (χ4n) is 4.26. The van der Waals surface area contributed by atoms with E-state index in [1.807, 2.05) is 13.0 Å². The summed E-state index contributed by atoms with van der Waals surface area (Å²) in [6, 6.07) is 5.51. The standard InChI is InChI=1S/C21H24F2N8O/c1-21(32)7-4-12(5-8-21)26-20-28-18(24)17-13(6-9-31(17)29-20)14-2-3-15-19(27-14)30(11-25-15)10-16(22)23/h2-3,6,9,11-12,16,32H,4-5,7-8,10H2,1H3,(H3,24,26,28,29)/t12-,21-. The third kappa shape index (κ3) is 3.83. The zero-order chi connectivity index (χ0) is 22.5. The molecule has 4 aromatic heterocycles. The van der Waals surface area contributed by atoms with Crippen LogP contribution in [0.25, 0.3) is 27.9 Å². The average Bonchev–Trinajstić information content (AvgIpc) is 3.33. The molecule has 32 heavy (non-hydrogen) atoms. The van der Waals surface area contributed by atoms with Gasteiger partial charge in [0.05, 0.1) is 24.2 Å². The number of nitrogens with one attached hydrogen (secondary N) is 1. The van der Waals surface area contributed by atoms with Gasteiger partial charge in [0, 0.05) is 17.8 Å². The highest BCUT2D eigenvalue weighted by Crippen LogP contribution is 2.31. The van der Waals surface area contributed by atoms with Gasteiger partial charge in [-0.3, -0.25) is 0 Å². The lowest BCUT2D eigenvalue weighted by molar-refractivity contribution is 0.0195. The van der Waals surface area contributed by atoms with E-state index < -0.39 is 18.6 Å². The van der Waals surface area contributed by atoms with Crippen molar-refractivity contribution in [3.8, 4) is 11.3 Å². The lowest BCUT2D eigenvalue weighted by Gasteiger charge is -2.33. The molecule has 1 fully saturated rings. The molecular formula is C21H24F2N8O. The lowest BCUT2D eigenvalue weighted by atomic mass is 9.84. The van der Waals surface area contributed by atoms with Gasteiger partial charge in [-0.2, -0.15) is 4.98 Å². The molecule has 5 rings (SSSR count). The molecule has 0 bridgehead atoms. The number of anilines is 2. The Morgan fingerprint density at radius 3 is 2.78 bits per heavy atom. The molecule has 0 radical (unpaired) electrons. The molecule has 168 valence electrons. The second kappa shape index (κ2) is 7.66. The van der Waals surface area contributed by atoms with Crippen molar-refractivity contribution in [3.05, 3.63) is 30.7 Å². The molecule has 0 aliphatic heterocycles. The van der Waals surface area contributed by atoms with Crippen LogP contribution in [0.4, 0.5) is 20.5 Å². The summed E-state index contributed by atoms with van der Waals surface area (Å²) in [5, 5.41) is 18.0. The largest absolute Gasteiger partial charge is 0.390 e. The number of halogens is 2. The molecule has 9 nitrogen and oxygen atoms in total. The molecule has 4 N–H and O–H groups in total. The number of nitrogens with zero attached hydrogens (tertiary/aromatic N) is 6. The second-order valence-corrected chi connectivity index (χ2v) is 8.59. The van der Waals surface area contributed by atoms with Crippen LogP contribution in [-0.2, 0) is 6.54 Å². The highest BCUT2D eigenvalue weighted by molar-refractivity contribution is 5.88. The van der Waals surface area contributed by atoms with E-state index in [9.17, 15) is 13.9 Å². The first-order valence-electron chi connectivity index (χ1n) is 10.5. The van der Waals surface area contributed by atoms with Crippen molar-refractivity contribution in [1.82, 2.24) is 29.1 Å². The molecule has 0 spiro atoms. The number of alkyl halides is 2. The summed E-state index contributed by atoms with van der Waals surface area (Å²) in [6.07, 6.45) is 3.70. The maximum atomic E-state index is 12.9. The molecule has 1 aliphatic rings. The van der Waals surface area contributed by atoms with E-state index >= 15 is 0 Å². The second-order valence-electron chi connectivity index (χ2n) is 8.59. The Kier molecular flexibility index (Phi) is 4.92. The van der Waals surface area contributed by atoms with Gasteiger partial charge in [-0.05, 0) is 50.8 Å². The van der Waals surface area contributed by atoms with Crippen LogP contribution in [0.1, 0.15) is 32.6 Å². The van der Waals surface area contributed by atoms with Gasteiger partial charge < -0.3 is 20.7 Å². The van der Waals surface area contributed by atoms with Crippen LogP contribution in [0.2, 0.25) is 0 Å². The van der Waals surface area contributed by atoms with Crippen molar-refractivity contribution in [3.63, 3.8) is 0 Å². The van der Waals surface area contributed by atoms with E-state index in [4.69, 9.17) is 5.73 Å². The minimum atomic E-state index is -2.50. The summed E-state index contributed by atoms with van der Waals surface area (Å²) in [7, 11) is 0. The highest BCUT2D eigenvalue weighted by Gasteiger charge is 2.29. The van der Waals surface area contributed by atoms with Crippen molar-refractivity contribution >= 4 is 28.4 Å². The number of fused-ring (bicyclic) bond motifs is 2. The Bertz CT molecular complexity index is 1270. The molecule has 0 amide bonds.